The summed E-state index contributed by atoms with van der Waals surface area (Å²) in [4.78, 5) is 21.0. The van der Waals surface area contributed by atoms with E-state index in [9.17, 15) is 4.79 Å². The highest BCUT2D eigenvalue weighted by atomic mass is 32.1. The minimum Gasteiger partial charge on any atom is -0.360 e. The van der Waals surface area contributed by atoms with Crippen LogP contribution in [0.3, 0.4) is 0 Å². The normalized spacial score (nSPS) is 17.5. The van der Waals surface area contributed by atoms with Crippen molar-refractivity contribution in [3.8, 4) is 0 Å². The van der Waals surface area contributed by atoms with Crippen LogP contribution in [0.1, 0.15) is 34.5 Å². The number of nitrogens with zero attached hydrogens (tertiary/aromatic N) is 2. The van der Waals surface area contributed by atoms with Crippen molar-refractivity contribution in [3.05, 3.63) is 52.5 Å². The molecular formula is C21H23N3OS. The van der Waals surface area contributed by atoms with Crippen LogP contribution < -0.4 is 4.90 Å². The molecule has 2 aliphatic rings. The Kier molecular flexibility index (Phi) is 3.97. The maximum absolute atomic E-state index is 13.0. The number of fused-ring (bicyclic) bond motifs is 3. The summed E-state index contributed by atoms with van der Waals surface area (Å²) < 4.78 is 0. The van der Waals surface area contributed by atoms with E-state index in [0.29, 0.717) is 0 Å². The van der Waals surface area contributed by atoms with Crippen LogP contribution in [0.15, 0.2) is 35.7 Å². The summed E-state index contributed by atoms with van der Waals surface area (Å²) in [5.41, 5.74) is 4.81. The van der Waals surface area contributed by atoms with E-state index < -0.39 is 0 Å². The van der Waals surface area contributed by atoms with E-state index in [1.165, 1.54) is 40.0 Å². The van der Waals surface area contributed by atoms with Crippen molar-refractivity contribution in [1.29, 1.82) is 0 Å². The first-order valence-corrected chi connectivity index (χ1v) is 10.4. The first-order valence-electron chi connectivity index (χ1n) is 9.51. The molecule has 1 aromatic carbocycles. The van der Waals surface area contributed by atoms with Gasteiger partial charge in [-0.2, -0.15) is 0 Å². The summed E-state index contributed by atoms with van der Waals surface area (Å²) >= 11 is 1.77. The highest BCUT2D eigenvalue weighted by Gasteiger charge is 2.24. The number of aromatic amines is 1. The van der Waals surface area contributed by atoms with Crippen molar-refractivity contribution < 1.29 is 4.79 Å². The minimum atomic E-state index is 0.170. The molecule has 26 heavy (non-hydrogen) atoms. The van der Waals surface area contributed by atoms with Gasteiger partial charge in [0.25, 0.3) is 5.91 Å². The number of aromatic nitrogens is 1. The molecule has 0 radical (unpaired) electrons. The Hall–Kier alpha value is -2.27. The zero-order chi connectivity index (χ0) is 17.5. The zero-order valence-corrected chi connectivity index (χ0v) is 15.6. The van der Waals surface area contributed by atoms with Crippen molar-refractivity contribution in [2.45, 2.75) is 25.7 Å². The Morgan fingerprint density at radius 1 is 1.04 bits per heavy atom. The molecular weight excluding hydrogens is 342 g/mol. The summed E-state index contributed by atoms with van der Waals surface area (Å²) in [6.45, 7) is 3.40. The van der Waals surface area contributed by atoms with Crippen LogP contribution in [0.25, 0.3) is 10.9 Å². The summed E-state index contributed by atoms with van der Waals surface area (Å²) in [6, 6.07) is 10.4. The number of piperazine rings is 1. The number of H-pyrrole nitrogens is 1. The molecule has 0 unspecified atom stereocenters. The topological polar surface area (TPSA) is 39.3 Å². The van der Waals surface area contributed by atoms with Crippen LogP contribution in [0.5, 0.6) is 0 Å². The van der Waals surface area contributed by atoms with Crippen molar-refractivity contribution in [1.82, 2.24) is 9.88 Å². The second kappa shape index (κ2) is 6.47. The van der Waals surface area contributed by atoms with Gasteiger partial charge in [-0.05, 0) is 67.0 Å². The van der Waals surface area contributed by atoms with E-state index in [2.05, 4.69) is 39.5 Å². The Bertz CT molecular complexity index is 936. The number of aryl methyl sites for hydroxylation is 2. The SMILES string of the molecule is O=C(c1ccc2[nH]c3c(c2c1)CCCC3)N1CCN(c2cccs2)CC1. The van der Waals surface area contributed by atoms with Gasteiger partial charge in [0.05, 0.1) is 5.00 Å². The van der Waals surface area contributed by atoms with E-state index in [-0.39, 0.29) is 5.91 Å². The van der Waals surface area contributed by atoms with Gasteiger partial charge < -0.3 is 14.8 Å². The molecule has 5 heteroatoms. The molecule has 3 heterocycles. The molecule has 1 amide bonds. The largest absolute Gasteiger partial charge is 0.360 e. The first-order chi connectivity index (χ1) is 12.8. The van der Waals surface area contributed by atoms with Crippen LogP contribution in [-0.2, 0) is 12.8 Å². The fraction of sp³-hybridized carbons (Fsp3) is 0.381. The van der Waals surface area contributed by atoms with E-state index in [1.807, 2.05) is 11.0 Å². The highest BCUT2D eigenvalue weighted by Crippen LogP contribution is 2.30. The Labute approximate surface area is 157 Å². The molecule has 4 nitrogen and oxygen atoms in total. The molecule has 1 fully saturated rings. The third-order valence-corrected chi connectivity index (χ3v) is 6.66. The summed E-state index contributed by atoms with van der Waals surface area (Å²) in [7, 11) is 0. The van der Waals surface area contributed by atoms with E-state index in [0.717, 1.165) is 44.6 Å². The number of carbonyl (C=O) groups is 1. The number of nitrogens with one attached hydrogen (secondary N) is 1. The Morgan fingerprint density at radius 3 is 2.69 bits per heavy atom. The minimum absolute atomic E-state index is 0.170. The highest BCUT2D eigenvalue weighted by molar-refractivity contribution is 7.14. The van der Waals surface area contributed by atoms with Crippen LogP contribution in [0.4, 0.5) is 5.00 Å². The average molecular weight is 366 g/mol. The van der Waals surface area contributed by atoms with E-state index >= 15 is 0 Å². The fourth-order valence-electron chi connectivity index (χ4n) is 4.30. The third kappa shape index (κ3) is 2.71. The van der Waals surface area contributed by atoms with Crippen LogP contribution >= 0.6 is 11.3 Å². The first kappa shape index (κ1) is 15.9. The number of hydrogen-bond acceptors (Lipinski definition) is 3. The van der Waals surface area contributed by atoms with Crippen molar-refractivity contribution in [2.75, 3.05) is 31.1 Å². The van der Waals surface area contributed by atoms with E-state index in [1.54, 1.807) is 11.3 Å². The molecule has 0 bridgehead atoms. The molecule has 1 N–H and O–H groups in total. The number of benzene rings is 1. The quantitative estimate of drug-likeness (QED) is 0.743. The van der Waals surface area contributed by atoms with Crippen LogP contribution in [0.2, 0.25) is 0 Å². The predicted octanol–water partition coefficient (Wildman–Crippen LogP) is 4.07. The number of thiophene rings is 1. The predicted molar refractivity (Wildman–Crippen MR) is 107 cm³/mol. The number of hydrogen-bond donors (Lipinski definition) is 1. The summed E-state index contributed by atoms with van der Waals surface area (Å²) in [6.07, 6.45) is 4.79. The molecule has 1 aliphatic heterocycles. The average Bonchev–Trinajstić information content (AvgIpc) is 3.35. The van der Waals surface area contributed by atoms with Gasteiger partial charge in [-0.1, -0.05) is 0 Å². The van der Waals surface area contributed by atoms with Crippen molar-refractivity contribution >= 4 is 33.1 Å². The molecule has 0 saturated carbocycles. The Morgan fingerprint density at radius 2 is 1.88 bits per heavy atom. The van der Waals surface area contributed by atoms with Gasteiger partial charge in [0.2, 0.25) is 0 Å². The molecule has 0 atom stereocenters. The summed E-state index contributed by atoms with van der Waals surface area (Å²) in [5, 5.41) is 4.67. The number of rotatable bonds is 2. The fourth-order valence-corrected chi connectivity index (χ4v) is 5.09. The summed E-state index contributed by atoms with van der Waals surface area (Å²) in [5.74, 6) is 0.170. The van der Waals surface area contributed by atoms with Gasteiger partial charge in [-0.25, -0.2) is 0 Å². The number of carbonyl (C=O) groups excluding carboxylic acids is 1. The molecule has 2 aromatic heterocycles. The Balaban J connectivity index is 1.35. The third-order valence-electron chi connectivity index (χ3n) is 5.73. The monoisotopic (exact) mass is 365 g/mol. The van der Waals surface area contributed by atoms with Gasteiger partial charge in [0.15, 0.2) is 0 Å². The molecule has 0 spiro atoms. The molecule has 5 rings (SSSR count). The van der Waals surface area contributed by atoms with Crippen molar-refractivity contribution in [3.63, 3.8) is 0 Å². The van der Waals surface area contributed by atoms with Gasteiger partial charge in [0, 0.05) is 48.3 Å². The lowest BCUT2D eigenvalue weighted by atomic mass is 9.95. The second-order valence-electron chi connectivity index (χ2n) is 7.28. The van der Waals surface area contributed by atoms with Gasteiger partial charge in [0.1, 0.15) is 0 Å². The van der Waals surface area contributed by atoms with E-state index in [4.69, 9.17) is 0 Å². The van der Waals surface area contributed by atoms with Crippen LogP contribution in [0, 0.1) is 0 Å². The second-order valence-corrected chi connectivity index (χ2v) is 8.21. The number of anilines is 1. The van der Waals surface area contributed by atoms with Crippen LogP contribution in [-0.4, -0.2) is 42.0 Å². The molecule has 134 valence electrons. The maximum Gasteiger partial charge on any atom is 0.253 e. The molecule has 1 aliphatic carbocycles. The van der Waals surface area contributed by atoms with Gasteiger partial charge >= 0.3 is 0 Å². The smallest absolute Gasteiger partial charge is 0.253 e. The lowest BCUT2D eigenvalue weighted by molar-refractivity contribution is 0.0747. The van der Waals surface area contributed by atoms with Gasteiger partial charge in [-0.3, -0.25) is 4.79 Å². The zero-order valence-electron chi connectivity index (χ0n) is 14.8. The molecule has 3 aromatic rings. The lowest BCUT2D eigenvalue weighted by Crippen LogP contribution is -2.48. The van der Waals surface area contributed by atoms with Gasteiger partial charge in [-0.15, -0.1) is 11.3 Å². The maximum atomic E-state index is 13.0. The molecule has 1 saturated heterocycles. The number of amides is 1. The standard InChI is InChI=1S/C21H23N3OS/c25-21(24-11-9-23(10-12-24)20-6-3-13-26-20)15-7-8-19-17(14-15)16-4-1-2-5-18(16)22-19/h3,6-8,13-14,22H,1-2,4-5,9-12H2. The van der Waals surface area contributed by atoms with Crippen molar-refractivity contribution in [2.24, 2.45) is 0 Å². The lowest BCUT2D eigenvalue weighted by Gasteiger charge is -2.35.